The number of hydrogen-bond acceptors (Lipinski definition) is 4. The topological polar surface area (TPSA) is 34.2 Å². The highest BCUT2D eigenvalue weighted by Gasteiger charge is 2.10. The van der Waals surface area contributed by atoms with Crippen molar-refractivity contribution in [3.05, 3.63) is 54.2 Å². The van der Waals surface area contributed by atoms with Crippen LogP contribution in [0.1, 0.15) is 25.5 Å². The highest BCUT2D eigenvalue weighted by Crippen LogP contribution is 2.24. The van der Waals surface area contributed by atoms with E-state index in [-0.39, 0.29) is 6.10 Å². The van der Waals surface area contributed by atoms with Crippen molar-refractivity contribution in [1.82, 2.24) is 10.3 Å². The van der Waals surface area contributed by atoms with E-state index in [0.717, 1.165) is 16.5 Å². The average Bonchev–Trinajstić information content (AvgIpc) is 2.50. The first-order valence-electron chi connectivity index (χ1n) is 7.16. The van der Waals surface area contributed by atoms with Gasteiger partial charge in [-0.3, -0.25) is 0 Å². The molecule has 0 amide bonds. The molecule has 2 aromatic rings. The molecule has 1 aromatic heterocycles. The molecule has 2 rings (SSSR count). The average molecular weight is 302 g/mol. The number of aromatic nitrogens is 1. The second-order valence-corrected chi connectivity index (χ2v) is 6.10. The Labute approximate surface area is 131 Å². The van der Waals surface area contributed by atoms with E-state index in [4.69, 9.17) is 4.74 Å². The van der Waals surface area contributed by atoms with Crippen LogP contribution in [0.4, 0.5) is 0 Å². The normalized spacial score (nSPS) is 12.4. The number of nitrogens with one attached hydrogen (secondary N) is 1. The second-order valence-electron chi connectivity index (χ2n) is 5.06. The Hall–Kier alpha value is -1.52. The lowest BCUT2D eigenvalue weighted by atomic mass is 10.1. The fraction of sp³-hybridized carbons (Fsp3) is 0.353. The molecule has 0 radical (unpaired) electrons. The van der Waals surface area contributed by atoms with Crippen molar-refractivity contribution in [2.24, 2.45) is 0 Å². The molecular weight excluding hydrogens is 280 g/mol. The molecule has 21 heavy (non-hydrogen) atoms. The number of nitrogens with zero attached hydrogens (tertiary/aromatic N) is 1. The van der Waals surface area contributed by atoms with E-state index in [1.165, 1.54) is 5.56 Å². The van der Waals surface area contributed by atoms with Crippen molar-refractivity contribution in [3.8, 4) is 5.75 Å². The molecule has 0 aliphatic rings. The van der Waals surface area contributed by atoms with E-state index in [2.05, 4.69) is 22.4 Å². The van der Waals surface area contributed by atoms with Gasteiger partial charge in [0.05, 0.1) is 11.1 Å². The van der Waals surface area contributed by atoms with Gasteiger partial charge in [0, 0.05) is 18.0 Å². The zero-order chi connectivity index (χ0) is 15.1. The lowest BCUT2D eigenvalue weighted by Crippen LogP contribution is -2.18. The van der Waals surface area contributed by atoms with Crippen LogP contribution in [0.25, 0.3) is 0 Å². The minimum atomic E-state index is 0.204. The van der Waals surface area contributed by atoms with Gasteiger partial charge in [0.15, 0.2) is 0 Å². The number of pyridine rings is 1. The molecule has 1 heterocycles. The van der Waals surface area contributed by atoms with Gasteiger partial charge in [0.2, 0.25) is 0 Å². The third kappa shape index (κ3) is 5.06. The van der Waals surface area contributed by atoms with Crippen LogP contribution in [0.3, 0.4) is 0 Å². The predicted molar refractivity (Wildman–Crippen MR) is 89.0 cm³/mol. The molecule has 0 spiro atoms. The van der Waals surface area contributed by atoms with Crippen molar-refractivity contribution >= 4 is 11.8 Å². The van der Waals surface area contributed by atoms with E-state index in [1.54, 1.807) is 11.8 Å². The minimum Gasteiger partial charge on any atom is -0.491 e. The fourth-order valence-corrected chi connectivity index (χ4v) is 3.01. The Morgan fingerprint density at radius 3 is 2.48 bits per heavy atom. The van der Waals surface area contributed by atoms with E-state index < -0.39 is 0 Å². The minimum absolute atomic E-state index is 0.204. The summed E-state index contributed by atoms with van der Waals surface area (Å²) in [5.74, 6) is 1.86. The molecular formula is C17H22N2OS. The summed E-state index contributed by atoms with van der Waals surface area (Å²) in [6.07, 6.45) is 2.03. The molecule has 0 fully saturated rings. The molecule has 1 aromatic carbocycles. The van der Waals surface area contributed by atoms with Crippen LogP contribution in [0.2, 0.25) is 0 Å². The third-order valence-electron chi connectivity index (χ3n) is 3.04. The zero-order valence-electron chi connectivity index (χ0n) is 12.7. The van der Waals surface area contributed by atoms with Gasteiger partial charge < -0.3 is 10.1 Å². The van der Waals surface area contributed by atoms with Crippen LogP contribution in [-0.2, 0) is 0 Å². The maximum Gasteiger partial charge on any atom is 0.119 e. The maximum absolute atomic E-state index is 5.68. The first-order valence-corrected chi connectivity index (χ1v) is 8.15. The summed E-state index contributed by atoms with van der Waals surface area (Å²) in [5, 5.41) is 4.41. The Balaban J connectivity index is 1.97. The lowest BCUT2D eigenvalue weighted by Gasteiger charge is -2.17. The van der Waals surface area contributed by atoms with Crippen LogP contribution in [0.5, 0.6) is 5.75 Å². The van der Waals surface area contributed by atoms with E-state index in [0.29, 0.717) is 6.04 Å². The molecule has 1 unspecified atom stereocenters. The maximum atomic E-state index is 5.68. The number of hydrogen-bond donors (Lipinski definition) is 1. The first kappa shape index (κ1) is 15.9. The van der Waals surface area contributed by atoms with Crippen LogP contribution in [-0.4, -0.2) is 23.9 Å². The molecule has 0 aliphatic heterocycles. The number of benzene rings is 1. The summed E-state index contributed by atoms with van der Waals surface area (Å²) in [7, 11) is 1.99. The Morgan fingerprint density at radius 2 is 1.90 bits per heavy atom. The molecule has 3 nitrogen and oxygen atoms in total. The van der Waals surface area contributed by atoms with Gasteiger partial charge in [-0.25, -0.2) is 4.98 Å². The summed E-state index contributed by atoms with van der Waals surface area (Å²) in [6.45, 7) is 4.07. The Morgan fingerprint density at radius 1 is 1.14 bits per heavy atom. The van der Waals surface area contributed by atoms with Gasteiger partial charge in [-0.1, -0.05) is 18.2 Å². The van der Waals surface area contributed by atoms with Gasteiger partial charge >= 0.3 is 0 Å². The van der Waals surface area contributed by atoms with Crippen LogP contribution in [0, 0.1) is 0 Å². The monoisotopic (exact) mass is 302 g/mol. The highest BCUT2D eigenvalue weighted by molar-refractivity contribution is 7.99. The third-order valence-corrected chi connectivity index (χ3v) is 4.08. The molecule has 0 saturated heterocycles. The van der Waals surface area contributed by atoms with Crippen molar-refractivity contribution in [3.63, 3.8) is 0 Å². The summed E-state index contributed by atoms with van der Waals surface area (Å²) in [4.78, 5) is 4.34. The Bertz CT molecular complexity index is 528. The fourth-order valence-electron chi connectivity index (χ4n) is 2.00. The predicted octanol–water partition coefficient (Wildman–Crippen LogP) is 3.92. The number of thioether (sulfide) groups is 1. The molecule has 4 heteroatoms. The second kappa shape index (κ2) is 8.05. The zero-order valence-corrected chi connectivity index (χ0v) is 13.6. The lowest BCUT2D eigenvalue weighted by molar-refractivity contribution is 0.242. The van der Waals surface area contributed by atoms with Gasteiger partial charge in [-0.05, 0) is 50.7 Å². The molecule has 112 valence electrons. The van der Waals surface area contributed by atoms with Crippen LogP contribution in [0.15, 0.2) is 53.7 Å². The number of ether oxygens (including phenoxy) is 1. The van der Waals surface area contributed by atoms with Gasteiger partial charge in [0.25, 0.3) is 0 Å². The van der Waals surface area contributed by atoms with Crippen LogP contribution >= 0.6 is 11.8 Å². The van der Waals surface area contributed by atoms with Gasteiger partial charge in [-0.2, -0.15) is 0 Å². The molecule has 0 aliphatic carbocycles. The van der Waals surface area contributed by atoms with E-state index in [1.807, 2.05) is 57.4 Å². The van der Waals surface area contributed by atoms with Gasteiger partial charge in [0.1, 0.15) is 5.75 Å². The summed E-state index contributed by atoms with van der Waals surface area (Å²) >= 11 is 1.76. The highest BCUT2D eigenvalue weighted by atomic mass is 32.2. The van der Waals surface area contributed by atoms with Crippen molar-refractivity contribution < 1.29 is 4.74 Å². The van der Waals surface area contributed by atoms with Crippen LogP contribution < -0.4 is 10.1 Å². The summed E-state index contributed by atoms with van der Waals surface area (Å²) in [6, 6.07) is 14.6. The Kier molecular flexibility index (Phi) is 6.08. The van der Waals surface area contributed by atoms with Crippen molar-refractivity contribution in [2.75, 3.05) is 12.8 Å². The smallest absolute Gasteiger partial charge is 0.119 e. The SMILES string of the molecule is CNC(CSc1ccccn1)c1ccc(OC(C)C)cc1. The summed E-state index contributed by atoms with van der Waals surface area (Å²) in [5.41, 5.74) is 1.26. The molecule has 0 bridgehead atoms. The molecule has 0 saturated carbocycles. The quantitative estimate of drug-likeness (QED) is 0.786. The first-order chi connectivity index (χ1) is 10.2. The van der Waals surface area contributed by atoms with Gasteiger partial charge in [-0.15, -0.1) is 11.8 Å². The van der Waals surface area contributed by atoms with E-state index in [9.17, 15) is 0 Å². The standard InChI is InChI=1S/C17H22N2OS/c1-13(2)20-15-9-7-14(8-10-15)16(18-3)12-21-17-6-4-5-11-19-17/h4-11,13,16,18H,12H2,1-3H3. The largest absolute Gasteiger partial charge is 0.491 e. The van der Waals surface area contributed by atoms with E-state index >= 15 is 0 Å². The number of rotatable bonds is 7. The van der Waals surface area contributed by atoms with Crippen molar-refractivity contribution in [2.45, 2.75) is 31.0 Å². The van der Waals surface area contributed by atoms with Crippen molar-refractivity contribution in [1.29, 1.82) is 0 Å². The molecule has 1 N–H and O–H groups in total. The molecule has 1 atom stereocenters. The summed E-state index contributed by atoms with van der Waals surface area (Å²) < 4.78 is 5.68.